The summed E-state index contributed by atoms with van der Waals surface area (Å²) in [6.45, 7) is 4.60. The van der Waals surface area contributed by atoms with Gasteiger partial charge in [0, 0.05) is 13.2 Å². The number of rotatable bonds is 8. The number of unbranched alkanes of at least 4 members (excludes halogenated alkanes) is 4. The molecule has 0 aliphatic heterocycles. The molecule has 0 aromatic heterocycles. The number of nitrogens with two attached hydrogens (primary N) is 1. The molecule has 0 bridgehead atoms. The molecule has 2 heteroatoms. The third-order valence-corrected chi connectivity index (χ3v) is 4.82. The van der Waals surface area contributed by atoms with Crippen LogP contribution in [0.1, 0.15) is 78.1 Å². The van der Waals surface area contributed by atoms with E-state index in [-0.39, 0.29) is 11.6 Å². The van der Waals surface area contributed by atoms with Crippen molar-refractivity contribution in [2.75, 3.05) is 7.11 Å². The van der Waals surface area contributed by atoms with Crippen molar-refractivity contribution in [1.29, 1.82) is 0 Å². The molecule has 0 aromatic carbocycles. The van der Waals surface area contributed by atoms with Crippen molar-refractivity contribution < 1.29 is 4.74 Å². The van der Waals surface area contributed by atoms with Gasteiger partial charge in [0.2, 0.25) is 0 Å². The fourth-order valence-electron chi connectivity index (χ4n) is 3.21. The van der Waals surface area contributed by atoms with Gasteiger partial charge in [-0.1, -0.05) is 46.0 Å². The lowest BCUT2D eigenvalue weighted by molar-refractivity contribution is -0.0680. The first-order chi connectivity index (χ1) is 8.64. The van der Waals surface area contributed by atoms with Gasteiger partial charge in [0.15, 0.2) is 0 Å². The maximum absolute atomic E-state index is 6.43. The molecule has 0 radical (unpaired) electrons. The molecule has 0 aromatic rings. The molecule has 1 atom stereocenters. The molecule has 1 aliphatic carbocycles. The quantitative estimate of drug-likeness (QED) is 0.657. The average molecular weight is 255 g/mol. The molecular formula is C16H33NO. The average Bonchev–Trinajstić information content (AvgIpc) is 2.39. The van der Waals surface area contributed by atoms with E-state index in [0.29, 0.717) is 0 Å². The fraction of sp³-hybridized carbons (Fsp3) is 1.00. The first kappa shape index (κ1) is 16.0. The van der Waals surface area contributed by atoms with Crippen LogP contribution in [0.2, 0.25) is 0 Å². The third-order valence-electron chi connectivity index (χ3n) is 4.82. The molecule has 108 valence electrons. The minimum absolute atomic E-state index is 0.0166. The summed E-state index contributed by atoms with van der Waals surface area (Å²) in [6, 6.07) is 0.233. The van der Waals surface area contributed by atoms with Crippen LogP contribution in [-0.2, 0) is 4.74 Å². The van der Waals surface area contributed by atoms with Crippen LogP contribution in [0.5, 0.6) is 0 Å². The molecule has 1 rings (SSSR count). The van der Waals surface area contributed by atoms with Crippen molar-refractivity contribution in [2.24, 2.45) is 11.7 Å². The summed E-state index contributed by atoms with van der Waals surface area (Å²) in [5, 5.41) is 0. The smallest absolute Gasteiger partial charge is 0.0829 e. The molecule has 0 heterocycles. The van der Waals surface area contributed by atoms with Crippen LogP contribution in [0.3, 0.4) is 0 Å². The zero-order valence-corrected chi connectivity index (χ0v) is 12.7. The highest BCUT2D eigenvalue weighted by molar-refractivity contribution is 4.94. The summed E-state index contributed by atoms with van der Waals surface area (Å²) in [5.74, 6) is 0.852. The monoisotopic (exact) mass is 255 g/mol. The van der Waals surface area contributed by atoms with Crippen molar-refractivity contribution in [3.63, 3.8) is 0 Å². The van der Waals surface area contributed by atoms with Crippen LogP contribution in [0, 0.1) is 5.92 Å². The van der Waals surface area contributed by atoms with Crippen LogP contribution in [-0.4, -0.2) is 18.8 Å². The molecule has 1 unspecified atom stereocenters. The van der Waals surface area contributed by atoms with Gasteiger partial charge in [-0.15, -0.1) is 0 Å². The summed E-state index contributed by atoms with van der Waals surface area (Å²) in [5.41, 5.74) is 6.41. The van der Waals surface area contributed by atoms with E-state index in [4.69, 9.17) is 10.5 Å². The van der Waals surface area contributed by atoms with E-state index >= 15 is 0 Å². The van der Waals surface area contributed by atoms with Gasteiger partial charge in [-0.25, -0.2) is 0 Å². The van der Waals surface area contributed by atoms with Crippen molar-refractivity contribution in [3.8, 4) is 0 Å². The SMILES string of the molecule is CCCCCCCC(N)C1(OC)CCC(C)CC1. The highest BCUT2D eigenvalue weighted by Crippen LogP contribution is 2.37. The number of methoxy groups -OCH3 is 1. The van der Waals surface area contributed by atoms with Crippen LogP contribution in [0.25, 0.3) is 0 Å². The summed E-state index contributed by atoms with van der Waals surface area (Å²) in [7, 11) is 1.85. The predicted molar refractivity (Wildman–Crippen MR) is 78.7 cm³/mol. The lowest BCUT2D eigenvalue weighted by Crippen LogP contribution is -2.51. The van der Waals surface area contributed by atoms with E-state index in [9.17, 15) is 0 Å². The Kier molecular flexibility index (Phi) is 7.25. The van der Waals surface area contributed by atoms with Crippen molar-refractivity contribution in [3.05, 3.63) is 0 Å². The van der Waals surface area contributed by atoms with Gasteiger partial charge in [-0.3, -0.25) is 0 Å². The molecule has 2 N–H and O–H groups in total. The third kappa shape index (κ3) is 4.55. The topological polar surface area (TPSA) is 35.2 Å². The molecule has 1 saturated carbocycles. The Balaban J connectivity index is 2.30. The minimum Gasteiger partial charge on any atom is -0.377 e. The summed E-state index contributed by atoms with van der Waals surface area (Å²) in [6.07, 6.45) is 12.6. The Morgan fingerprint density at radius 1 is 1.17 bits per heavy atom. The van der Waals surface area contributed by atoms with Crippen LogP contribution in [0.15, 0.2) is 0 Å². The highest BCUT2D eigenvalue weighted by Gasteiger charge is 2.39. The Hall–Kier alpha value is -0.0800. The van der Waals surface area contributed by atoms with Gasteiger partial charge in [0.1, 0.15) is 0 Å². The van der Waals surface area contributed by atoms with Crippen molar-refractivity contribution in [1.82, 2.24) is 0 Å². The predicted octanol–water partition coefficient (Wildman–Crippen LogP) is 4.27. The summed E-state index contributed by atoms with van der Waals surface area (Å²) >= 11 is 0. The standard InChI is InChI=1S/C16H33NO/c1-4-5-6-7-8-9-15(17)16(18-3)12-10-14(2)11-13-16/h14-15H,4-13,17H2,1-3H3. The fourth-order valence-corrected chi connectivity index (χ4v) is 3.21. The van der Waals surface area contributed by atoms with E-state index < -0.39 is 0 Å². The largest absolute Gasteiger partial charge is 0.377 e. The normalized spacial score (nSPS) is 30.3. The van der Waals surface area contributed by atoms with E-state index in [1.807, 2.05) is 7.11 Å². The van der Waals surface area contributed by atoms with E-state index in [1.165, 1.54) is 44.9 Å². The van der Waals surface area contributed by atoms with Crippen molar-refractivity contribution >= 4 is 0 Å². The van der Waals surface area contributed by atoms with Gasteiger partial charge < -0.3 is 10.5 Å². The summed E-state index contributed by atoms with van der Waals surface area (Å²) in [4.78, 5) is 0. The molecule has 18 heavy (non-hydrogen) atoms. The van der Waals surface area contributed by atoms with Crippen LogP contribution in [0.4, 0.5) is 0 Å². The Morgan fingerprint density at radius 2 is 1.78 bits per heavy atom. The maximum atomic E-state index is 6.43. The molecular weight excluding hydrogens is 222 g/mol. The van der Waals surface area contributed by atoms with Crippen molar-refractivity contribution in [2.45, 2.75) is 89.7 Å². The number of hydrogen-bond donors (Lipinski definition) is 1. The minimum atomic E-state index is -0.0166. The molecule has 1 fully saturated rings. The molecule has 2 nitrogen and oxygen atoms in total. The van der Waals surface area contributed by atoms with Gasteiger partial charge >= 0.3 is 0 Å². The zero-order valence-electron chi connectivity index (χ0n) is 12.7. The number of hydrogen-bond acceptors (Lipinski definition) is 2. The van der Waals surface area contributed by atoms with Gasteiger partial charge in [0.25, 0.3) is 0 Å². The Labute approximate surface area is 114 Å². The zero-order chi connectivity index (χ0) is 13.4. The molecule has 0 saturated heterocycles. The first-order valence-electron chi connectivity index (χ1n) is 7.95. The molecule has 0 spiro atoms. The lowest BCUT2D eigenvalue weighted by atomic mass is 9.74. The molecule has 0 amide bonds. The highest BCUT2D eigenvalue weighted by atomic mass is 16.5. The van der Waals surface area contributed by atoms with Crippen LogP contribution < -0.4 is 5.73 Å². The van der Waals surface area contributed by atoms with E-state index in [1.54, 1.807) is 0 Å². The van der Waals surface area contributed by atoms with Gasteiger partial charge in [-0.05, 0) is 38.0 Å². The second-order valence-corrected chi connectivity index (χ2v) is 6.26. The Morgan fingerprint density at radius 3 is 2.33 bits per heavy atom. The number of ether oxygens (including phenoxy) is 1. The second-order valence-electron chi connectivity index (χ2n) is 6.26. The Bertz CT molecular complexity index is 209. The summed E-state index contributed by atoms with van der Waals surface area (Å²) < 4.78 is 5.84. The van der Waals surface area contributed by atoms with Crippen LogP contribution >= 0.6 is 0 Å². The lowest BCUT2D eigenvalue weighted by Gasteiger charge is -2.42. The van der Waals surface area contributed by atoms with E-state index in [0.717, 1.165) is 25.2 Å². The molecule has 1 aliphatic rings. The second kappa shape index (κ2) is 8.16. The van der Waals surface area contributed by atoms with E-state index in [2.05, 4.69) is 13.8 Å². The van der Waals surface area contributed by atoms with Gasteiger partial charge in [-0.2, -0.15) is 0 Å². The maximum Gasteiger partial charge on any atom is 0.0829 e. The first-order valence-corrected chi connectivity index (χ1v) is 7.95. The van der Waals surface area contributed by atoms with Gasteiger partial charge in [0.05, 0.1) is 5.60 Å².